The Hall–Kier alpha value is -3.71. The molecule has 2 aliphatic heterocycles. The average molecular weight is 504 g/mol. The fourth-order valence-electron chi connectivity index (χ4n) is 4.33. The summed E-state index contributed by atoms with van der Waals surface area (Å²) in [6.45, 7) is 0.301. The third-order valence-corrected chi connectivity index (χ3v) is 6.13. The first-order valence-electron chi connectivity index (χ1n) is 11.1. The number of amides is 1. The van der Waals surface area contributed by atoms with Crippen LogP contribution in [0.15, 0.2) is 48.5 Å². The molecule has 2 aliphatic rings. The zero-order chi connectivity index (χ0) is 25.4. The number of alkyl halides is 3. The summed E-state index contributed by atoms with van der Waals surface area (Å²) in [4.78, 5) is 14.4. The minimum Gasteiger partial charge on any atom is -0.441 e. The van der Waals surface area contributed by atoms with Gasteiger partial charge in [-0.25, -0.2) is 9.48 Å². The highest BCUT2D eigenvalue weighted by molar-refractivity contribution is 5.84. The minimum atomic E-state index is -4.52. The van der Waals surface area contributed by atoms with Crippen molar-refractivity contribution in [3.05, 3.63) is 54.1 Å². The number of nitrogens with one attached hydrogen (secondary N) is 1. The molecular weight excluding hydrogens is 481 g/mol. The van der Waals surface area contributed by atoms with Crippen molar-refractivity contribution in [3.63, 3.8) is 0 Å². The van der Waals surface area contributed by atoms with Crippen LogP contribution in [0.1, 0.15) is 11.6 Å². The molecule has 10 nitrogen and oxygen atoms in total. The van der Waals surface area contributed by atoms with E-state index in [9.17, 15) is 18.0 Å². The first-order chi connectivity index (χ1) is 17.2. The van der Waals surface area contributed by atoms with E-state index < -0.39 is 36.1 Å². The quantitative estimate of drug-likeness (QED) is 0.564. The number of tetrazole rings is 1. The van der Waals surface area contributed by atoms with E-state index in [4.69, 9.17) is 14.2 Å². The number of aromatic nitrogens is 4. The van der Waals surface area contributed by atoms with Crippen LogP contribution in [0.5, 0.6) is 0 Å². The number of anilines is 2. The van der Waals surface area contributed by atoms with E-state index in [1.54, 1.807) is 4.68 Å². The van der Waals surface area contributed by atoms with Crippen LogP contribution < -0.4 is 10.2 Å². The molecule has 4 atom stereocenters. The van der Waals surface area contributed by atoms with Crippen LogP contribution in [-0.4, -0.2) is 71.9 Å². The van der Waals surface area contributed by atoms with Crippen molar-refractivity contribution in [2.24, 2.45) is 0 Å². The van der Waals surface area contributed by atoms with E-state index in [0.717, 1.165) is 23.4 Å². The Morgan fingerprint density at radius 1 is 1.11 bits per heavy atom. The van der Waals surface area contributed by atoms with Gasteiger partial charge in [0.25, 0.3) is 0 Å². The van der Waals surface area contributed by atoms with Gasteiger partial charge in [0.2, 0.25) is 0 Å². The van der Waals surface area contributed by atoms with Crippen LogP contribution in [0.4, 0.5) is 29.3 Å². The standard InChI is InChI=1S/C23H23F3N6O4/c1-31(2)16-8-6-13(7-9-16)21-28-29-30-32(21)17-11-34-20-18(12-35-19(17)20)36-22(33)27-15-5-3-4-14(10-15)23(24,25)26/h3-10,17-20H,11-12H2,1-2H3,(H,27,33). The lowest BCUT2D eigenvalue weighted by atomic mass is 10.1. The molecule has 0 spiro atoms. The van der Waals surface area contributed by atoms with Crippen LogP contribution in [0.2, 0.25) is 0 Å². The molecule has 3 aromatic rings. The number of carbonyl (C=O) groups is 1. The van der Waals surface area contributed by atoms with Crippen LogP contribution in [-0.2, 0) is 20.4 Å². The fourth-order valence-corrected chi connectivity index (χ4v) is 4.33. The Labute approximate surface area is 203 Å². The molecule has 0 saturated carbocycles. The lowest BCUT2D eigenvalue weighted by molar-refractivity contribution is -0.137. The molecule has 2 fully saturated rings. The van der Waals surface area contributed by atoms with Crippen molar-refractivity contribution in [3.8, 4) is 11.4 Å². The van der Waals surface area contributed by atoms with Gasteiger partial charge in [-0.05, 0) is 52.9 Å². The molecule has 0 radical (unpaired) electrons. The largest absolute Gasteiger partial charge is 0.441 e. The summed E-state index contributed by atoms with van der Waals surface area (Å²) >= 11 is 0. The second-order valence-corrected chi connectivity index (χ2v) is 8.70. The van der Waals surface area contributed by atoms with Crippen molar-refractivity contribution in [2.45, 2.75) is 30.5 Å². The van der Waals surface area contributed by atoms with E-state index >= 15 is 0 Å². The number of hydrogen-bond donors (Lipinski definition) is 1. The molecule has 190 valence electrons. The number of nitrogens with zero attached hydrogens (tertiary/aromatic N) is 5. The lowest BCUT2D eigenvalue weighted by Gasteiger charge is -2.18. The number of rotatable bonds is 5. The van der Waals surface area contributed by atoms with Gasteiger partial charge in [0, 0.05) is 31.0 Å². The Balaban J connectivity index is 1.25. The molecule has 2 saturated heterocycles. The maximum absolute atomic E-state index is 12.9. The summed E-state index contributed by atoms with van der Waals surface area (Å²) in [5.74, 6) is 0.546. The number of carbonyl (C=O) groups excluding carboxylic acids is 1. The summed E-state index contributed by atoms with van der Waals surface area (Å²) in [5, 5.41) is 14.4. The number of benzene rings is 2. The molecule has 4 unspecified atom stereocenters. The summed E-state index contributed by atoms with van der Waals surface area (Å²) in [6.07, 6.45) is -7.22. The average Bonchev–Trinajstić information content (AvgIpc) is 3.56. The second kappa shape index (κ2) is 9.39. The molecule has 0 bridgehead atoms. The first-order valence-corrected chi connectivity index (χ1v) is 11.1. The maximum Gasteiger partial charge on any atom is 0.416 e. The van der Waals surface area contributed by atoms with Crippen molar-refractivity contribution in [2.75, 3.05) is 37.5 Å². The highest BCUT2D eigenvalue weighted by Crippen LogP contribution is 2.37. The predicted molar refractivity (Wildman–Crippen MR) is 121 cm³/mol. The number of hydrogen-bond acceptors (Lipinski definition) is 8. The Bertz CT molecular complexity index is 1230. The van der Waals surface area contributed by atoms with Gasteiger partial charge in [-0.3, -0.25) is 5.32 Å². The third kappa shape index (κ3) is 4.71. The Morgan fingerprint density at radius 3 is 2.58 bits per heavy atom. The molecule has 0 aliphatic carbocycles. The van der Waals surface area contributed by atoms with Gasteiger partial charge in [-0.2, -0.15) is 13.2 Å². The fraction of sp³-hybridized carbons (Fsp3) is 0.391. The van der Waals surface area contributed by atoms with Gasteiger partial charge in [-0.15, -0.1) is 5.10 Å². The molecular formula is C23H23F3N6O4. The van der Waals surface area contributed by atoms with Gasteiger partial charge in [-0.1, -0.05) is 6.07 Å². The smallest absolute Gasteiger partial charge is 0.416 e. The molecule has 2 aromatic carbocycles. The summed E-state index contributed by atoms with van der Waals surface area (Å²) in [7, 11) is 3.90. The van der Waals surface area contributed by atoms with Gasteiger partial charge in [0.05, 0.1) is 18.8 Å². The summed E-state index contributed by atoms with van der Waals surface area (Å²) in [5.41, 5.74) is 0.944. The maximum atomic E-state index is 12.9. The van der Waals surface area contributed by atoms with Gasteiger partial charge >= 0.3 is 12.3 Å². The zero-order valence-corrected chi connectivity index (χ0v) is 19.3. The van der Waals surface area contributed by atoms with E-state index in [1.165, 1.54) is 12.1 Å². The number of fused-ring (bicyclic) bond motifs is 1. The molecule has 36 heavy (non-hydrogen) atoms. The van der Waals surface area contributed by atoms with E-state index in [1.807, 2.05) is 43.3 Å². The van der Waals surface area contributed by atoms with E-state index in [-0.39, 0.29) is 24.9 Å². The van der Waals surface area contributed by atoms with Gasteiger partial charge in [0.1, 0.15) is 18.2 Å². The number of halogens is 3. The highest BCUT2D eigenvalue weighted by Gasteiger charge is 2.51. The highest BCUT2D eigenvalue weighted by atomic mass is 19.4. The van der Waals surface area contributed by atoms with E-state index in [2.05, 4.69) is 20.8 Å². The van der Waals surface area contributed by atoms with Crippen LogP contribution in [0.3, 0.4) is 0 Å². The SMILES string of the molecule is CN(C)c1ccc(-c2nnnn2C2COC3C(OC(=O)Nc4cccc(C(F)(F)F)c4)COC32)cc1. The van der Waals surface area contributed by atoms with Crippen molar-refractivity contribution >= 4 is 17.5 Å². The second-order valence-electron chi connectivity index (χ2n) is 8.70. The van der Waals surface area contributed by atoms with E-state index in [0.29, 0.717) is 5.82 Å². The van der Waals surface area contributed by atoms with Crippen molar-refractivity contribution in [1.82, 2.24) is 20.2 Å². The molecule has 1 N–H and O–H groups in total. The van der Waals surface area contributed by atoms with Gasteiger partial charge in [0.15, 0.2) is 11.9 Å². The van der Waals surface area contributed by atoms with Crippen LogP contribution in [0.25, 0.3) is 11.4 Å². The summed E-state index contributed by atoms with van der Waals surface area (Å²) < 4.78 is 57.6. The minimum absolute atomic E-state index is 0.0332. The van der Waals surface area contributed by atoms with Crippen molar-refractivity contribution < 1.29 is 32.2 Å². The first kappa shape index (κ1) is 24.0. The number of ether oxygens (including phenoxy) is 3. The lowest BCUT2D eigenvalue weighted by Crippen LogP contribution is -2.35. The normalized spacial score (nSPS) is 23.4. The third-order valence-electron chi connectivity index (χ3n) is 6.13. The molecule has 3 heterocycles. The molecule has 13 heteroatoms. The predicted octanol–water partition coefficient (Wildman–Crippen LogP) is 3.38. The molecule has 1 amide bonds. The van der Waals surface area contributed by atoms with Crippen LogP contribution in [0, 0.1) is 0 Å². The van der Waals surface area contributed by atoms with Crippen LogP contribution >= 0.6 is 0 Å². The zero-order valence-electron chi connectivity index (χ0n) is 19.3. The van der Waals surface area contributed by atoms with Gasteiger partial charge < -0.3 is 19.1 Å². The Morgan fingerprint density at radius 2 is 1.86 bits per heavy atom. The summed E-state index contributed by atoms with van der Waals surface area (Å²) in [6, 6.07) is 11.7. The topological polar surface area (TPSA) is 104 Å². The van der Waals surface area contributed by atoms with Crippen molar-refractivity contribution in [1.29, 1.82) is 0 Å². The monoisotopic (exact) mass is 504 g/mol. The molecule has 5 rings (SSSR count). The molecule has 1 aromatic heterocycles. The Kier molecular flexibility index (Phi) is 6.26.